The maximum atomic E-state index is 10.8. The van der Waals surface area contributed by atoms with Crippen LogP contribution in [-0.2, 0) is 17.6 Å². The number of aryl methyl sites for hydroxylation is 1. The SMILES string of the molecule is C/C=C\c1ccc(-c2nc(C)c(CC)c(Nc3ccc(CC(=O)O)cc3)n2)s1. The fourth-order valence-electron chi connectivity index (χ4n) is 2.98. The van der Waals surface area contributed by atoms with Gasteiger partial charge in [-0.25, -0.2) is 9.97 Å². The van der Waals surface area contributed by atoms with E-state index in [1.54, 1.807) is 11.3 Å². The summed E-state index contributed by atoms with van der Waals surface area (Å²) in [5.74, 6) is 0.663. The van der Waals surface area contributed by atoms with Crippen LogP contribution in [0.15, 0.2) is 42.5 Å². The summed E-state index contributed by atoms with van der Waals surface area (Å²) in [5.41, 5.74) is 3.67. The van der Waals surface area contributed by atoms with Gasteiger partial charge in [-0.3, -0.25) is 4.79 Å². The standard InChI is InChI=1S/C22H23N3O2S/c1-4-6-17-11-12-19(28-17)22-23-14(3)18(5-2)21(25-22)24-16-9-7-15(8-10-16)13-20(26)27/h4,6-12H,5,13H2,1-3H3,(H,26,27)(H,23,24,25)/b6-4-. The van der Waals surface area contributed by atoms with Crippen LogP contribution in [0.1, 0.15) is 35.5 Å². The van der Waals surface area contributed by atoms with Gasteiger partial charge in [-0.1, -0.05) is 25.1 Å². The smallest absolute Gasteiger partial charge is 0.307 e. The van der Waals surface area contributed by atoms with E-state index in [-0.39, 0.29) is 6.42 Å². The second kappa shape index (κ2) is 8.80. The molecule has 3 aromatic rings. The molecule has 0 unspecified atom stereocenters. The average Bonchev–Trinajstić information content (AvgIpc) is 3.12. The lowest BCUT2D eigenvalue weighted by Gasteiger charge is -2.14. The number of allylic oxidation sites excluding steroid dienone is 1. The third-order valence-corrected chi connectivity index (χ3v) is 5.36. The minimum absolute atomic E-state index is 0.0180. The molecule has 3 rings (SSSR count). The lowest BCUT2D eigenvalue weighted by atomic mass is 10.1. The van der Waals surface area contributed by atoms with Crippen LogP contribution >= 0.6 is 11.3 Å². The normalized spacial score (nSPS) is 11.1. The summed E-state index contributed by atoms with van der Waals surface area (Å²) in [6.45, 7) is 6.09. The van der Waals surface area contributed by atoms with E-state index < -0.39 is 5.97 Å². The van der Waals surface area contributed by atoms with Gasteiger partial charge in [0.25, 0.3) is 0 Å². The first-order valence-electron chi connectivity index (χ1n) is 9.18. The van der Waals surface area contributed by atoms with Crippen molar-refractivity contribution in [2.75, 3.05) is 5.32 Å². The molecule has 2 heterocycles. The molecule has 0 fully saturated rings. The minimum atomic E-state index is -0.835. The van der Waals surface area contributed by atoms with Gasteiger partial charge >= 0.3 is 5.97 Å². The first-order valence-corrected chi connectivity index (χ1v) is 10.00. The molecule has 0 spiro atoms. The number of anilines is 2. The fourth-order valence-corrected chi connectivity index (χ4v) is 3.89. The number of rotatable bonds is 7. The minimum Gasteiger partial charge on any atom is -0.481 e. The molecular formula is C22H23N3O2S. The van der Waals surface area contributed by atoms with Crippen LogP contribution < -0.4 is 5.32 Å². The number of thiophene rings is 1. The average molecular weight is 394 g/mol. The van der Waals surface area contributed by atoms with E-state index in [0.717, 1.165) is 39.6 Å². The first kappa shape index (κ1) is 19.8. The predicted molar refractivity (Wildman–Crippen MR) is 115 cm³/mol. The highest BCUT2D eigenvalue weighted by atomic mass is 32.1. The van der Waals surface area contributed by atoms with Crippen LogP contribution in [0, 0.1) is 6.92 Å². The summed E-state index contributed by atoms with van der Waals surface area (Å²) >= 11 is 1.66. The summed E-state index contributed by atoms with van der Waals surface area (Å²) in [6.07, 6.45) is 4.92. The Morgan fingerprint density at radius 2 is 1.93 bits per heavy atom. The molecule has 0 atom stereocenters. The molecule has 144 valence electrons. The molecule has 28 heavy (non-hydrogen) atoms. The van der Waals surface area contributed by atoms with E-state index in [1.807, 2.05) is 50.3 Å². The van der Waals surface area contributed by atoms with Crippen LogP contribution in [0.4, 0.5) is 11.5 Å². The number of benzene rings is 1. The maximum Gasteiger partial charge on any atom is 0.307 e. The molecule has 0 saturated heterocycles. The number of hydrogen-bond acceptors (Lipinski definition) is 5. The van der Waals surface area contributed by atoms with Crippen molar-refractivity contribution < 1.29 is 9.90 Å². The zero-order valence-electron chi connectivity index (χ0n) is 16.2. The summed E-state index contributed by atoms with van der Waals surface area (Å²) in [6, 6.07) is 11.5. The van der Waals surface area contributed by atoms with E-state index in [1.165, 1.54) is 4.88 Å². The lowest BCUT2D eigenvalue weighted by molar-refractivity contribution is -0.136. The van der Waals surface area contributed by atoms with Crippen LogP contribution in [0.3, 0.4) is 0 Å². The lowest BCUT2D eigenvalue weighted by Crippen LogP contribution is -2.05. The highest BCUT2D eigenvalue weighted by Gasteiger charge is 2.13. The summed E-state index contributed by atoms with van der Waals surface area (Å²) in [4.78, 5) is 22.5. The second-order valence-electron chi connectivity index (χ2n) is 6.41. The third kappa shape index (κ3) is 4.64. The van der Waals surface area contributed by atoms with E-state index in [2.05, 4.69) is 24.4 Å². The Kier molecular flexibility index (Phi) is 6.21. The maximum absolute atomic E-state index is 10.8. The van der Waals surface area contributed by atoms with Gasteiger partial charge in [0, 0.05) is 21.8 Å². The zero-order chi connectivity index (χ0) is 20.1. The fraction of sp³-hybridized carbons (Fsp3) is 0.227. The van der Waals surface area contributed by atoms with Crippen LogP contribution in [-0.4, -0.2) is 21.0 Å². The van der Waals surface area contributed by atoms with Crippen molar-refractivity contribution >= 4 is 34.9 Å². The Hall–Kier alpha value is -2.99. The third-order valence-electron chi connectivity index (χ3n) is 4.32. The number of carboxylic acid groups (broad SMARTS) is 1. The van der Waals surface area contributed by atoms with Gasteiger partial charge in [0.15, 0.2) is 5.82 Å². The van der Waals surface area contributed by atoms with Crippen molar-refractivity contribution in [2.45, 2.75) is 33.6 Å². The van der Waals surface area contributed by atoms with Crippen LogP contribution in [0.5, 0.6) is 0 Å². The van der Waals surface area contributed by atoms with Crippen molar-refractivity contribution in [1.82, 2.24) is 9.97 Å². The Balaban J connectivity index is 1.92. The van der Waals surface area contributed by atoms with Crippen LogP contribution in [0.25, 0.3) is 16.8 Å². The molecule has 0 saturated carbocycles. The molecule has 2 N–H and O–H groups in total. The molecule has 2 aromatic heterocycles. The van der Waals surface area contributed by atoms with Gasteiger partial charge in [0.05, 0.1) is 11.3 Å². The van der Waals surface area contributed by atoms with E-state index >= 15 is 0 Å². The summed E-state index contributed by atoms with van der Waals surface area (Å²) in [5, 5.41) is 12.3. The molecular weight excluding hydrogens is 370 g/mol. The molecule has 0 aliphatic heterocycles. The van der Waals surface area contributed by atoms with E-state index in [0.29, 0.717) is 5.82 Å². The Morgan fingerprint density at radius 1 is 1.18 bits per heavy atom. The monoisotopic (exact) mass is 393 g/mol. The highest BCUT2D eigenvalue weighted by molar-refractivity contribution is 7.16. The first-order chi connectivity index (χ1) is 13.5. The number of carboxylic acids is 1. The Labute approximate surface area is 168 Å². The number of aliphatic carboxylic acids is 1. The Bertz CT molecular complexity index is 1010. The number of nitrogens with zero attached hydrogens (tertiary/aromatic N) is 2. The van der Waals surface area contributed by atoms with Gasteiger partial charge < -0.3 is 10.4 Å². The number of aromatic nitrogens is 2. The number of nitrogens with one attached hydrogen (secondary N) is 1. The van der Waals surface area contributed by atoms with Gasteiger partial charge in [-0.2, -0.15) is 0 Å². The molecule has 5 nitrogen and oxygen atoms in total. The Morgan fingerprint density at radius 3 is 2.57 bits per heavy atom. The van der Waals surface area contributed by atoms with Crippen molar-refractivity contribution in [2.24, 2.45) is 0 Å². The molecule has 1 aromatic carbocycles. The summed E-state index contributed by atoms with van der Waals surface area (Å²) in [7, 11) is 0. The topological polar surface area (TPSA) is 75.1 Å². The van der Waals surface area contributed by atoms with Crippen molar-refractivity contribution in [1.29, 1.82) is 0 Å². The molecule has 6 heteroatoms. The van der Waals surface area contributed by atoms with Gasteiger partial charge in [-0.05, 0) is 56.2 Å². The van der Waals surface area contributed by atoms with Crippen LogP contribution in [0.2, 0.25) is 0 Å². The number of hydrogen-bond donors (Lipinski definition) is 2. The van der Waals surface area contributed by atoms with Gasteiger partial charge in [0.2, 0.25) is 0 Å². The van der Waals surface area contributed by atoms with Gasteiger partial charge in [-0.15, -0.1) is 11.3 Å². The second-order valence-corrected chi connectivity index (χ2v) is 7.52. The molecule has 0 bridgehead atoms. The van der Waals surface area contributed by atoms with Gasteiger partial charge in [0.1, 0.15) is 5.82 Å². The highest BCUT2D eigenvalue weighted by Crippen LogP contribution is 2.30. The largest absolute Gasteiger partial charge is 0.481 e. The predicted octanol–water partition coefficient (Wildman–Crippen LogP) is 5.48. The molecule has 0 aliphatic carbocycles. The molecule has 0 amide bonds. The molecule has 0 radical (unpaired) electrons. The van der Waals surface area contributed by atoms with E-state index in [4.69, 9.17) is 15.1 Å². The van der Waals surface area contributed by atoms with Crippen molar-refractivity contribution in [3.63, 3.8) is 0 Å². The van der Waals surface area contributed by atoms with E-state index in [9.17, 15) is 4.79 Å². The molecule has 0 aliphatic rings. The van der Waals surface area contributed by atoms with Crippen molar-refractivity contribution in [3.05, 3.63) is 64.2 Å². The quantitative estimate of drug-likeness (QED) is 0.556. The summed E-state index contributed by atoms with van der Waals surface area (Å²) < 4.78 is 0. The number of carbonyl (C=O) groups is 1. The van der Waals surface area contributed by atoms with Crippen molar-refractivity contribution in [3.8, 4) is 10.7 Å². The zero-order valence-corrected chi connectivity index (χ0v) is 17.0.